The van der Waals surface area contributed by atoms with Crippen LogP contribution in [0.25, 0.3) is 0 Å². The van der Waals surface area contributed by atoms with Gasteiger partial charge >= 0.3 is 0 Å². The zero-order valence-electron chi connectivity index (χ0n) is 13.7. The molecular formula is C20H26N2O. The van der Waals surface area contributed by atoms with Crippen LogP contribution in [0.3, 0.4) is 0 Å². The first-order valence-corrected chi connectivity index (χ1v) is 8.46. The molecule has 0 radical (unpaired) electrons. The normalized spacial score (nSPS) is 24.0. The number of aliphatic hydroxyl groups excluding tert-OH is 1. The lowest BCUT2D eigenvalue weighted by Crippen LogP contribution is -2.38. The fraction of sp³-hybridized carbons (Fsp3) is 0.400. The topological polar surface area (TPSA) is 44.3 Å². The van der Waals surface area contributed by atoms with Crippen molar-refractivity contribution in [3.05, 3.63) is 71.3 Å². The van der Waals surface area contributed by atoms with Crippen molar-refractivity contribution in [2.45, 2.75) is 32.0 Å². The predicted octanol–water partition coefficient (Wildman–Crippen LogP) is 2.80. The van der Waals surface area contributed by atoms with Gasteiger partial charge in [-0.2, -0.15) is 0 Å². The summed E-state index contributed by atoms with van der Waals surface area (Å²) in [6.07, 6.45) is 0.835. The molecule has 1 saturated heterocycles. The summed E-state index contributed by atoms with van der Waals surface area (Å²) < 4.78 is 0. The first kappa shape index (κ1) is 16.2. The van der Waals surface area contributed by atoms with Crippen molar-refractivity contribution in [1.82, 2.24) is 10.6 Å². The number of rotatable bonds is 6. The van der Waals surface area contributed by atoms with Crippen molar-refractivity contribution < 1.29 is 5.11 Å². The van der Waals surface area contributed by atoms with E-state index in [0.29, 0.717) is 18.0 Å². The van der Waals surface area contributed by atoms with Crippen LogP contribution in [0.5, 0.6) is 0 Å². The SMILES string of the molecule is Cc1ccccc1CNC1C(CCO)CNC1c1ccccc1. The van der Waals surface area contributed by atoms with E-state index in [9.17, 15) is 5.11 Å². The molecule has 1 fully saturated rings. The van der Waals surface area contributed by atoms with Gasteiger partial charge in [0.05, 0.1) is 0 Å². The number of hydrogen-bond acceptors (Lipinski definition) is 3. The van der Waals surface area contributed by atoms with Gasteiger partial charge in [-0.25, -0.2) is 0 Å². The molecule has 3 atom stereocenters. The molecule has 0 amide bonds. The summed E-state index contributed by atoms with van der Waals surface area (Å²) in [5, 5.41) is 16.8. The van der Waals surface area contributed by atoms with Gasteiger partial charge in [-0.15, -0.1) is 0 Å². The van der Waals surface area contributed by atoms with Gasteiger partial charge in [0.25, 0.3) is 0 Å². The molecule has 0 aromatic heterocycles. The van der Waals surface area contributed by atoms with Crippen molar-refractivity contribution in [3.8, 4) is 0 Å². The van der Waals surface area contributed by atoms with E-state index in [-0.39, 0.29) is 6.61 Å². The fourth-order valence-electron chi connectivity index (χ4n) is 3.56. The molecule has 3 rings (SSSR count). The van der Waals surface area contributed by atoms with Crippen LogP contribution < -0.4 is 10.6 Å². The van der Waals surface area contributed by atoms with Crippen LogP contribution in [0.1, 0.15) is 29.2 Å². The lowest BCUT2D eigenvalue weighted by molar-refractivity contribution is 0.243. The van der Waals surface area contributed by atoms with Gasteiger partial charge in [0.15, 0.2) is 0 Å². The van der Waals surface area contributed by atoms with E-state index in [0.717, 1.165) is 19.5 Å². The fourth-order valence-corrected chi connectivity index (χ4v) is 3.56. The van der Waals surface area contributed by atoms with Crippen LogP contribution in [0.4, 0.5) is 0 Å². The summed E-state index contributed by atoms with van der Waals surface area (Å²) in [7, 11) is 0. The number of hydrogen-bond donors (Lipinski definition) is 3. The molecule has 3 nitrogen and oxygen atoms in total. The molecule has 122 valence electrons. The van der Waals surface area contributed by atoms with Gasteiger partial charge in [-0.05, 0) is 36.0 Å². The Kier molecular flexibility index (Phi) is 5.44. The maximum absolute atomic E-state index is 9.38. The van der Waals surface area contributed by atoms with E-state index in [1.165, 1.54) is 16.7 Å². The Morgan fingerprint density at radius 2 is 1.83 bits per heavy atom. The smallest absolute Gasteiger partial charge is 0.0479 e. The number of benzene rings is 2. The van der Waals surface area contributed by atoms with Crippen molar-refractivity contribution >= 4 is 0 Å². The molecule has 0 aliphatic carbocycles. The lowest BCUT2D eigenvalue weighted by Gasteiger charge is -2.26. The standard InChI is InChI=1S/C20H26N2O/c1-15-7-5-6-10-17(15)13-21-20-18(11-12-23)14-22-19(20)16-8-3-2-4-9-16/h2-10,18-23H,11-14H2,1H3. The highest BCUT2D eigenvalue weighted by atomic mass is 16.3. The molecule has 0 bridgehead atoms. The quantitative estimate of drug-likeness (QED) is 0.769. The predicted molar refractivity (Wildman–Crippen MR) is 94.2 cm³/mol. The molecule has 1 aliphatic heterocycles. The summed E-state index contributed by atoms with van der Waals surface area (Å²) in [5.74, 6) is 0.453. The third-order valence-electron chi connectivity index (χ3n) is 4.91. The molecule has 0 saturated carbocycles. The first-order chi connectivity index (χ1) is 11.3. The van der Waals surface area contributed by atoms with Gasteiger partial charge in [0.2, 0.25) is 0 Å². The van der Waals surface area contributed by atoms with Gasteiger partial charge in [-0.3, -0.25) is 0 Å². The highest BCUT2D eigenvalue weighted by Gasteiger charge is 2.35. The third kappa shape index (κ3) is 3.81. The van der Waals surface area contributed by atoms with Crippen LogP contribution in [-0.2, 0) is 6.54 Å². The Morgan fingerprint density at radius 1 is 1.09 bits per heavy atom. The highest BCUT2D eigenvalue weighted by Crippen LogP contribution is 2.30. The summed E-state index contributed by atoms with van der Waals surface area (Å²) >= 11 is 0. The van der Waals surface area contributed by atoms with Crippen molar-refractivity contribution in [2.75, 3.05) is 13.2 Å². The van der Waals surface area contributed by atoms with Crippen LogP contribution in [0, 0.1) is 12.8 Å². The lowest BCUT2D eigenvalue weighted by atomic mass is 9.91. The van der Waals surface area contributed by atoms with E-state index >= 15 is 0 Å². The molecule has 2 aromatic carbocycles. The van der Waals surface area contributed by atoms with Gasteiger partial charge in [-0.1, -0.05) is 54.6 Å². The number of nitrogens with one attached hydrogen (secondary N) is 2. The van der Waals surface area contributed by atoms with Crippen LogP contribution in [0.2, 0.25) is 0 Å². The van der Waals surface area contributed by atoms with Crippen molar-refractivity contribution in [1.29, 1.82) is 0 Å². The largest absolute Gasteiger partial charge is 0.396 e. The highest BCUT2D eigenvalue weighted by molar-refractivity contribution is 5.26. The van der Waals surface area contributed by atoms with Crippen molar-refractivity contribution in [3.63, 3.8) is 0 Å². The molecule has 3 heteroatoms. The van der Waals surface area contributed by atoms with Gasteiger partial charge < -0.3 is 15.7 Å². The Labute approximate surface area is 138 Å². The maximum Gasteiger partial charge on any atom is 0.0479 e. The van der Waals surface area contributed by atoms with Crippen molar-refractivity contribution in [2.24, 2.45) is 5.92 Å². The summed E-state index contributed by atoms with van der Waals surface area (Å²) in [6, 6.07) is 19.8. The molecule has 1 aliphatic rings. The molecule has 3 unspecified atom stereocenters. The van der Waals surface area contributed by atoms with E-state index in [2.05, 4.69) is 72.2 Å². The second kappa shape index (κ2) is 7.73. The average molecular weight is 310 g/mol. The minimum Gasteiger partial charge on any atom is -0.396 e. The Morgan fingerprint density at radius 3 is 2.57 bits per heavy atom. The maximum atomic E-state index is 9.38. The summed E-state index contributed by atoms with van der Waals surface area (Å²) in [5.41, 5.74) is 3.98. The molecule has 3 N–H and O–H groups in total. The van der Waals surface area contributed by atoms with E-state index in [1.807, 2.05) is 0 Å². The van der Waals surface area contributed by atoms with Gasteiger partial charge in [0, 0.05) is 31.8 Å². The molecule has 1 heterocycles. The van der Waals surface area contributed by atoms with E-state index < -0.39 is 0 Å². The van der Waals surface area contributed by atoms with Crippen LogP contribution >= 0.6 is 0 Å². The zero-order chi connectivity index (χ0) is 16.1. The Hall–Kier alpha value is -1.68. The molecule has 23 heavy (non-hydrogen) atoms. The Bertz CT molecular complexity index is 614. The monoisotopic (exact) mass is 310 g/mol. The van der Waals surface area contributed by atoms with Gasteiger partial charge in [0.1, 0.15) is 0 Å². The number of aryl methyl sites for hydroxylation is 1. The zero-order valence-corrected chi connectivity index (χ0v) is 13.7. The average Bonchev–Trinajstić information content (AvgIpc) is 2.98. The van der Waals surface area contributed by atoms with E-state index in [4.69, 9.17) is 0 Å². The Balaban J connectivity index is 1.75. The number of aliphatic hydroxyl groups is 1. The second-order valence-corrected chi connectivity index (χ2v) is 6.40. The molecular weight excluding hydrogens is 284 g/mol. The minimum atomic E-state index is 0.246. The van der Waals surface area contributed by atoms with Crippen LogP contribution in [-0.4, -0.2) is 24.3 Å². The second-order valence-electron chi connectivity index (χ2n) is 6.40. The molecule has 2 aromatic rings. The summed E-state index contributed by atoms with van der Waals surface area (Å²) in [6.45, 7) is 4.22. The third-order valence-corrected chi connectivity index (χ3v) is 4.91. The first-order valence-electron chi connectivity index (χ1n) is 8.46. The summed E-state index contributed by atoms with van der Waals surface area (Å²) in [4.78, 5) is 0. The van der Waals surface area contributed by atoms with E-state index in [1.54, 1.807) is 0 Å². The molecule has 0 spiro atoms. The van der Waals surface area contributed by atoms with Crippen LogP contribution in [0.15, 0.2) is 54.6 Å². The minimum absolute atomic E-state index is 0.246.